The Labute approximate surface area is 84.7 Å². The zero-order valence-electron chi connectivity index (χ0n) is 7.88. The first-order valence-electron chi connectivity index (χ1n) is 5.01. The number of nitrogens with zero attached hydrogens (tertiary/aromatic N) is 1. The summed E-state index contributed by atoms with van der Waals surface area (Å²) in [4.78, 5) is 2.48. The monoisotopic (exact) mass is 200 g/mol. The average molecular weight is 201 g/mol. The molecule has 2 unspecified atom stereocenters. The molecule has 2 atom stereocenters. The topological polar surface area (TPSA) is 29.3 Å². The van der Waals surface area contributed by atoms with Crippen LogP contribution in [0.3, 0.4) is 0 Å². The summed E-state index contributed by atoms with van der Waals surface area (Å²) in [5.74, 6) is 0. The second-order valence-electron chi connectivity index (χ2n) is 4.31. The molecule has 0 aliphatic carbocycles. The van der Waals surface area contributed by atoms with Gasteiger partial charge in [0, 0.05) is 29.7 Å². The van der Waals surface area contributed by atoms with Crippen molar-refractivity contribution >= 4 is 11.6 Å². The van der Waals surface area contributed by atoms with Crippen molar-refractivity contribution in [1.29, 1.82) is 0 Å². The van der Waals surface area contributed by atoms with Crippen molar-refractivity contribution in [2.75, 3.05) is 6.54 Å². The van der Waals surface area contributed by atoms with Crippen molar-refractivity contribution in [2.45, 2.75) is 43.8 Å². The summed E-state index contributed by atoms with van der Waals surface area (Å²) in [6, 6.07) is 1.76. The Hall–Kier alpha value is -0.0500. The standard InChI is InChI=1S/C10H17ClN2/c1-7(11)6-13-9-2-3-10(13)5-8(12)4-9/h8-10H,1-6,12H2. The van der Waals surface area contributed by atoms with Crippen molar-refractivity contribution in [1.82, 2.24) is 4.90 Å². The van der Waals surface area contributed by atoms with Crippen LogP contribution in [-0.2, 0) is 0 Å². The van der Waals surface area contributed by atoms with Crippen molar-refractivity contribution in [2.24, 2.45) is 5.73 Å². The van der Waals surface area contributed by atoms with Gasteiger partial charge in [0.1, 0.15) is 0 Å². The largest absolute Gasteiger partial charge is 0.328 e. The fourth-order valence-corrected chi connectivity index (χ4v) is 2.91. The predicted octanol–water partition coefficient (Wildman–Crippen LogP) is 1.69. The van der Waals surface area contributed by atoms with Crippen molar-refractivity contribution in [3.63, 3.8) is 0 Å². The minimum absolute atomic E-state index is 0.414. The molecule has 0 amide bonds. The SMILES string of the molecule is C=C(Cl)CN1C2CCC1CC(N)C2. The van der Waals surface area contributed by atoms with Gasteiger partial charge >= 0.3 is 0 Å². The summed E-state index contributed by atoms with van der Waals surface area (Å²) < 4.78 is 0. The Balaban J connectivity index is 2.02. The van der Waals surface area contributed by atoms with Gasteiger partial charge < -0.3 is 5.73 Å². The maximum atomic E-state index is 5.97. The minimum atomic E-state index is 0.414. The molecule has 2 heterocycles. The molecule has 2 saturated heterocycles. The Morgan fingerprint density at radius 2 is 1.92 bits per heavy atom. The zero-order chi connectivity index (χ0) is 9.42. The van der Waals surface area contributed by atoms with E-state index >= 15 is 0 Å². The van der Waals surface area contributed by atoms with Gasteiger partial charge in [-0.1, -0.05) is 18.2 Å². The molecule has 74 valence electrons. The van der Waals surface area contributed by atoms with Gasteiger partial charge in [-0.2, -0.15) is 0 Å². The number of nitrogens with two attached hydrogens (primary N) is 1. The molecule has 0 aromatic rings. The fourth-order valence-electron chi connectivity index (χ4n) is 2.77. The summed E-state index contributed by atoms with van der Waals surface area (Å²) in [7, 11) is 0. The van der Waals surface area contributed by atoms with Gasteiger partial charge in [0.05, 0.1) is 0 Å². The molecule has 3 heteroatoms. The lowest BCUT2D eigenvalue weighted by Crippen LogP contribution is -2.47. The quantitative estimate of drug-likeness (QED) is 0.735. The molecular weight excluding hydrogens is 184 g/mol. The summed E-state index contributed by atoms with van der Waals surface area (Å²) in [6.45, 7) is 4.61. The van der Waals surface area contributed by atoms with Crippen molar-refractivity contribution < 1.29 is 0 Å². The molecule has 2 N–H and O–H groups in total. The molecule has 2 rings (SSSR count). The van der Waals surface area contributed by atoms with Crippen LogP contribution in [0.5, 0.6) is 0 Å². The van der Waals surface area contributed by atoms with Crippen LogP contribution in [0.4, 0.5) is 0 Å². The van der Waals surface area contributed by atoms with E-state index in [1.807, 2.05) is 0 Å². The van der Waals surface area contributed by atoms with E-state index in [-0.39, 0.29) is 0 Å². The molecule has 0 aromatic carbocycles. The Kier molecular flexibility index (Phi) is 2.63. The molecule has 2 nitrogen and oxygen atoms in total. The molecule has 0 radical (unpaired) electrons. The summed E-state index contributed by atoms with van der Waals surface area (Å²) >= 11 is 5.84. The number of hydrogen-bond acceptors (Lipinski definition) is 2. The maximum absolute atomic E-state index is 5.97. The summed E-state index contributed by atoms with van der Waals surface area (Å²) in [5.41, 5.74) is 5.97. The van der Waals surface area contributed by atoms with Crippen LogP contribution >= 0.6 is 11.6 Å². The third-order valence-corrected chi connectivity index (χ3v) is 3.39. The van der Waals surface area contributed by atoms with Gasteiger partial charge in [0.15, 0.2) is 0 Å². The Bertz CT molecular complexity index is 203. The fraction of sp³-hybridized carbons (Fsp3) is 0.800. The Morgan fingerprint density at radius 1 is 1.38 bits per heavy atom. The highest BCUT2D eigenvalue weighted by atomic mass is 35.5. The van der Waals surface area contributed by atoms with E-state index in [9.17, 15) is 0 Å². The molecule has 13 heavy (non-hydrogen) atoms. The number of hydrogen-bond donors (Lipinski definition) is 1. The number of rotatable bonds is 2. The lowest BCUT2D eigenvalue weighted by atomic mass is 9.98. The normalized spacial score (nSPS) is 39.4. The third-order valence-electron chi connectivity index (χ3n) is 3.27. The first kappa shape index (κ1) is 9.50. The second kappa shape index (κ2) is 3.60. The lowest BCUT2D eigenvalue weighted by molar-refractivity contribution is 0.142. The van der Waals surface area contributed by atoms with E-state index in [1.165, 1.54) is 12.8 Å². The molecule has 2 aliphatic heterocycles. The molecule has 2 bridgehead atoms. The van der Waals surface area contributed by atoms with E-state index in [2.05, 4.69) is 11.5 Å². The molecule has 0 spiro atoms. The van der Waals surface area contributed by atoms with Crippen LogP contribution in [0.2, 0.25) is 0 Å². The van der Waals surface area contributed by atoms with E-state index in [0.29, 0.717) is 18.1 Å². The summed E-state index contributed by atoms with van der Waals surface area (Å²) in [5, 5.41) is 0.757. The van der Waals surface area contributed by atoms with Gasteiger partial charge in [-0.05, 0) is 25.7 Å². The van der Waals surface area contributed by atoms with Crippen LogP contribution in [0.1, 0.15) is 25.7 Å². The summed E-state index contributed by atoms with van der Waals surface area (Å²) in [6.07, 6.45) is 4.87. The van der Waals surface area contributed by atoms with E-state index in [4.69, 9.17) is 17.3 Å². The number of piperidine rings is 1. The second-order valence-corrected chi connectivity index (χ2v) is 4.84. The van der Waals surface area contributed by atoms with Crippen molar-refractivity contribution in [3.8, 4) is 0 Å². The number of fused-ring (bicyclic) bond motifs is 2. The van der Waals surface area contributed by atoms with Crippen molar-refractivity contribution in [3.05, 3.63) is 11.6 Å². The molecule has 0 saturated carbocycles. The van der Waals surface area contributed by atoms with Gasteiger partial charge in [0.2, 0.25) is 0 Å². The van der Waals surface area contributed by atoms with Gasteiger partial charge in [-0.25, -0.2) is 0 Å². The lowest BCUT2D eigenvalue weighted by Gasteiger charge is -2.37. The predicted molar refractivity (Wildman–Crippen MR) is 55.7 cm³/mol. The highest BCUT2D eigenvalue weighted by Gasteiger charge is 2.39. The van der Waals surface area contributed by atoms with Crippen LogP contribution in [-0.4, -0.2) is 29.6 Å². The van der Waals surface area contributed by atoms with Gasteiger partial charge in [-0.15, -0.1) is 0 Å². The zero-order valence-corrected chi connectivity index (χ0v) is 8.63. The molecule has 2 aliphatic rings. The van der Waals surface area contributed by atoms with Crippen LogP contribution in [0.15, 0.2) is 11.6 Å². The molecule has 0 aromatic heterocycles. The maximum Gasteiger partial charge on any atom is 0.0341 e. The number of halogens is 1. The molecular formula is C10H17ClN2. The van der Waals surface area contributed by atoms with E-state index in [0.717, 1.165) is 24.4 Å². The van der Waals surface area contributed by atoms with E-state index in [1.54, 1.807) is 0 Å². The third kappa shape index (κ3) is 1.90. The Morgan fingerprint density at radius 3 is 2.38 bits per heavy atom. The highest BCUT2D eigenvalue weighted by molar-refractivity contribution is 6.29. The smallest absolute Gasteiger partial charge is 0.0341 e. The first-order valence-corrected chi connectivity index (χ1v) is 5.39. The minimum Gasteiger partial charge on any atom is -0.328 e. The van der Waals surface area contributed by atoms with Crippen LogP contribution < -0.4 is 5.73 Å². The molecule has 2 fully saturated rings. The van der Waals surface area contributed by atoms with E-state index < -0.39 is 0 Å². The first-order chi connectivity index (χ1) is 6.16. The van der Waals surface area contributed by atoms with Crippen LogP contribution in [0, 0.1) is 0 Å². The highest BCUT2D eigenvalue weighted by Crippen LogP contribution is 2.35. The van der Waals surface area contributed by atoms with Gasteiger partial charge in [-0.3, -0.25) is 4.90 Å². The van der Waals surface area contributed by atoms with Crippen LogP contribution in [0.25, 0.3) is 0 Å². The van der Waals surface area contributed by atoms with Gasteiger partial charge in [0.25, 0.3) is 0 Å². The average Bonchev–Trinajstić information content (AvgIpc) is 2.32.